The van der Waals surface area contributed by atoms with Gasteiger partial charge in [-0.1, -0.05) is 26.8 Å². The van der Waals surface area contributed by atoms with E-state index in [4.69, 9.17) is 18.9 Å². The number of aliphatic hydroxyl groups excluding tert-OH is 1. The van der Waals surface area contributed by atoms with Crippen LogP contribution < -0.4 is 0 Å². The molecule has 2 heterocycles. The maximum Gasteiger partial charge on any atom is 0.318 e. The number of hydrogen-bond acceptors (Lipinski definition) is 7. The smallest absolute Gasteiger partial charge is 0.318 e. The molecule has 4 rings (SSSR count). The zero-order valence-electron chi connectivity index (χ0n) is 15.7. The first-order valence-corrected chi connectivity index (χ1v) is 8.99. The first-order chi connectivity index (χ1) is 12.2. The van der Waals surface area contributed by atoms with Crippen LogP contribution in [0.15, 0.2) is 12.2 Å². The van der Waals surface area contributed by atoms with Crippen LogP contribution in [0.4, 0.5) is 0 Å². The third-order valence-electron chi connectivity index (χ3n) is 6.98. The summed E-state index contributed by atoms with van der Waals surface area (Å²) in [6.45, 7) is 6.23. The largest absolute Gasteiger partial charge is 0.461 e. The van der Waals surface area contributed by atoms with Crippen molar-refractivity contribution in [2.24, 2.45) is 28.1 Å². The molecule has 1 saturated carbocycles. The number of ketones is 1. The Hall–Kier alpha value is -1.28. The van der Waals surface area contributed by atoms with Crippen LogP contribution in [0.3, 0.4) is 0 Å². The Labute approximate surface area is 152 Å². The van der Waals surface area contributed by atoms with Crippen molar-refractivity contribution in [3.63, 3.8) is 0 Å². The predicted molar refractivity (Wildman–Crippen MR) is 88.6 cm³/mol. The fourth-order valence-electron chi connectivity index (χ4n) is 6.19. The summed E-state index contributed by atoms with van der Waals surface area (Å²) in [5, 5.41) is 11.4. The summed E-state index contributed by atoms with van der Waals surface area (Å²) in [6, 6.07) is 0. The summed E-state index contributed by atoms with van der Waals surface area (Å²) in [5.41, 5.74) is -2.28. The Balaban J connectivity index is 2.00. The first-order valence-electron chi connectivity index (χ1n) is 8.99. The number of esters is 1. The van der Waals surface area contributed by atoms with Gasteiger partial charge >= 0.3 is 5.97 Å². The van der Waals surface area contributed by atoms with Crippen LogP contribution in [-0.2, 0) is 28.5 Å². The highest BCUT2D eigenvalue weighted by Gasteiger charge is 2.83. The van der Waals surface area contributed by atoms with E-state index in [2.05, 4.69) is 20.8 Å². The minimum Gasteiger partial charge on any atom is -0.461 e. The topological polar surface area (TPSA) is 91.3 Å². The fourth-order valence-corrected chi connectivity index (χ4v) is 6.19. The molecule has 2 aliphatic carbocycles. The lowest BCUT2D eigenvalue weighted by Crippen LogP contribution is -2.60. The van der Waals surface area contributed by atoms with Crippen LogP contribution in [-0.4, -0.2) is 55.9 Å². The number of methoxy groups -OCH3 is 2. The van der Waals surface area contributed by atoms with E-state index in [1.165, 1.54) is 20.3 Å². The molecule has 2 spiro atoms. The molecule has 2 aliphatic heterocycles. The minimum atomic E-state index is -1.07. The van der Waals surface area contributed by atoms with E-state index < -0.39 is 47.5 Å². The van der Waals surface area contributed by atoms with Crippen molar-refractivity contribution in [3.05, 3.63) is 12.2 Å². The quantitative estimate of drug-likeness (QED) is 0.577. The summed E-state index contributed by atoms with van der Waals surface area (Å²) >= 11 is 0. The SMILES string of the molecule is CO[C@H]1O[C@@H](OC)[C@@]2([C@@H]1O)[C@H](C(C)(C)C)C[C@H]1OC(=O)[C@@H]3C(=O)C=CC312. The van der Waals surface area contributed by atoms with Gasteiger partial charge in [0.05, 0.1) is 10.8 Å². The van der Waals surface area contributed by atoms with Crippen molar-refractivity contribution in [2.75, 3.05) is 14.2 Å². The van der Waals surface area contributed by atoms with Gasteiger partial charge in [-0.15, -0.1) is 0 Å². The van der Waals surface area contributed by atoms with Crippen molar-refractivity contribution in [1.29, 1.82) is 0 Å². The van der Waals surface area contributed by atoms with Crippen molar-refractivity contribution in [3.8, 4) is 0 Å². The maximum atomic E-state index is 12.6. The average molecular weight is 366 g/mol. The standard InChI is InChI=1S/C19H26O7/c1-17(2,3)10-8-11-18(7-6-9(20)12(18)14(22)25-11)19(10)13(21)15(23-4)26-16(19)24-5/h6-7,10-13,15-16,21H,8H2,1-5H3/t10-,11+,12-,13+,15-,16+,18?,19-/m0/s1. The molecular weight excluding hydrogens is 340 g/mol. The molecule has 1 N–H and O–H groups in total. The van der Waals surface area contributed by atoms with Gasteiger partial charge in [0.2, 0.25) is 0 Å². The van der Waals surface area contributed by atoms with Crippen molar-refractivity contribution >= 4 is 11.8 Å². The molecule has 4 aliphatic rings. The summed E-state index contributed by atoms with van der Waals surface area (Å²) in [7, 11) is 2.97. The van der Waals surface area contributed by atoms with E-state index in [0.717, 1.165) is 0 Å². The van der Waals surface area contributed by atoms with Gasteiger partial charge in [-0.2, -0.15) is 0 Å². The summed E-state index contributed by atoms with van der Waals surface area (Å²) in [4.78, 5) is 25.1. The normalized spacial score (nSPS) is 49.8. The number of allylic oxidation sites excluding steroid dienone is 1. The second kappa shape index (κ2) is 5.38. The van der Waals surface area contributed by atoms with E-state index in [-0.39, 0.29) is 17.1 Å². The van der Waals surface area contributed by atoms with Crippen LogP contribution in [0.5, 0.6) is 0 Å². The first kappa shape index (κ1) is 18.1. The summed E-state index contributed by atoms with van der Waals surface area (Å²) in [5.74, 6) is -1.90. The molecule has 7 nitrogen and oxygen atoms in total. The van der Waals surface area contributed by atoms with E-state index >= 15 is 0 Å². The Bertz CT molecular complexity index is 676. The zero-order valence-corrected chi connectivity index (χ0v) is 15.7. The predicted octanol–water partition coefficient (Wildman–Crippen LogP) is 1.04. The minimum absolute atomic E-state index is 0.119. The van der Waals surface area contributed by atoms with Crippen LogP contribution in [0.25, 0.3) is 0 Å². The molecule has 0 radical (unpaired) electrons. The van der Waals surface area contributed by atoms with Gasteiger partial charge in [0.15, 0.2) is 18.4 Å². The molecule has 3 fully saturated rings. The third kappa shape index (κ3) is 1.77. The van der Waals surface area contributed by atoms with E-state index in [9.17, 15) is 14.7 Å². The summed E-state index contributed by atoms with van der Waals surface area (Å²) < 4.78 is 22.6. The second-order valence-corrected chi connectivity index (χ2v) is 8.87. The molecular formula is C19H26O7. The van der Waals surface area contributed by atoms with Crippen molar-refractivity contribution < 1.29 is 33.6 Å². The Kier molecular flexibility index (Phi) is 3.74. The molecule has 1 unspecified atom stereocenters. The highest BCUT2D eigenvalue weighted by Crippen LogP contribution is 2.74. The highest BCUT2D eigenvalue weighted by molar-refractivity contribution is 6.10. The van der Waals surface area contributed by atoms with Gasteiger partial charge < -0.3 is 24.1 Å². The number of carbonyl (C=O) groups excluding carboxylic acids is 2. The second-order valence-electron chi connectivity index (χ2n) is 8.87. The van der Waals surface area contributed by atoms with E-state index in [1.807, 2.05) is 0 Å². The molecule has 0 aromatic rings. The molecule has 144 valence electrons. The Morgan fingerprint density at radius 3 is 2.50 bits per heavy atom. The lowest BCUT2D eigenvalue weighted by Gasteiger charge is -2.50. The molecule has 0 aromatic carbocycles. The van der Waals surface area contributed by atoms with Crippen LogP contribution in [0.2, 0.25) is 0 Å². The molecule has 0 aromatic heterocycles. The summed E-state index contributed by atoms with van der Waals surface area (Å²) in [6.07, 6.45) is 0.433. The number of hydrogen-bond donors (Lipinski definition) is 1. The van der Waals surface area contributed by atoms with Gasteiger partial charge in [-0.25, -0.2) is 0 Å². The number of carbonyl (C=O) groups is 2. The molecule has 8 atom stereocenters. The number of ether oxygens (including phenoxy) is 4. The molecule has 2 saturated heterocycles. The van der Waals surface area contributed by atoms with Crippen molar-refractivity contribution in [1.82, 2.24) is 0 Å². The lowest BCUT2D eigenvalue weighted by molar-refractivity contribution is -0.227. The van der Waals surface area contributed by atoms with Crippen LogP contribution >= 0.6 is 0 Å². The van der Waals surface area contributed by atoms with Crippen LogP contribution in [0.1, 0.15) is 27.2 Å². The van der Waals surface area contributed by atoms with E-state index in [0.29, 0.717) is 6.42 Å². The highest BCUT2D eigenvalue weighted by atomic mass is 16.8. The average Bonchev–Trinajstić information content (AvgIpc) is 3.22. The molecule has 0 amide bonds. The monoisotopic (exact) mass is 366 g/mol. The maximum absolute atomic E-state index is 12.6. The zero-order chi connectivity index (χ0) is 19.1. The molecule has 0 bridgehead atoms. The van der Waals surface area contributed by atoms with Crippen LogP contribution in [0, 0.1) is 28.1 Å². The molecule has 7 heteroatoms. The van der Waals surface area contributed by atoms with Crippen molar-refractivity contribution in [2.45, 2.75) is 52.0 Å². The Morgan fingerprint density at radius 2 is 1.92 bits per heavy atom. The Morgan fingerprint density at radius 1 is 1.23 bits per heavy atom. The van der Waals surface area contributed by atoms with Gasteiger partial charge in [0.1, 0.15) is 18.1 Å². The third-order valence-corrected chi connectivity index (χ3v) is 6.98. The van der Waals surface area contributed by atoms with Gasteiger partial charge in [0, 0.05) is 14.2 Å². The van der Waals surface area contributed by atoms with Gasteiger partial charge in [-0.3, -0.25) is 9.59 Å². The van der Waals surface area contributed by atoms with Gasteiger partial charge in [-0.05, 0) is 23.8 Å². The number of rotatable bonds is 2. The number of aliphatic hydroxyl groups is 1. The van der Waals surface area contributed by atoms with Gasteiger partial charge in [0.25, 0.3) is 0 Å². The fraction of sp³-hybridized carbons (Fsp3) is 0.789. The molecule has 26 heavy (non-hydrogen) atoms. The van der Waals surface area contributed by atoms with E-state index in [1.54, 1.807) is 6.08 Å². The lowest BCUT2D eigenvalue weighted by atomic mass is 9.52.